The molecule has 1 aliphatic carbocycles. The Kier molecular flexibility index (Phi) is 8.33. The van der Waals surface area contributed by atoms with Crippen LogP contribution in [-0.4, -0.2) is 60.0 Å². The molecular weight excluding hydrogens is 438 g/mol. The normalized spacial score (nSPS) is 20.0. The van der Waals surface area contributed by atoms with Crippen LogP contribution in [0.2, 0.25) is 0 Å². The highest BCUT2D eigenvalue weighted by Gasteiger charge is 2.23. The number of likely N-dealkylation sites (N-methyl/N-ethyl adjacent to an activating group) is 1. The van der Waals surface area contributed by atoms with Crippen molar-refractivity contribution in [2.24, 2.45) is 0 Å². The van der Waals surface area contributed by atoms with Crippen LogP contribution in [0.25, 0.3) is 0 Å². The Balaban J connectivity index is 1.51. The van der Waals surface area contributed by atoms with Gasteiger partial charge in [0.05, 0.1) is 4.90 Å². The van der Waals surface area contributed by atoms with E-state index in [0.717, 1.165) is 38.2 Å². The number of hydrogen-bond donors (Lipinski definition) is 4. The maximum Gasteiger partial charge on any atom is 0.233 e. The molecule has 3 N–H and O–H groups in total. The quantitative estimate of drug-likeness (QED) is 0.320. The number of nitrogens with one attached hydrogen (secondary N) is 3. The van der Waals surface area contributed by atoms with E-state index >= 15 is 0 Å². The van der Waals surface area contributed by atoms with Crippen LogP contribution >= 0.6 is 0 Å². The van der Waals surface area contributed by atoms with E-state index in [1.165, 1.54) is 38.5 Å². The predicted molar refractivity (Wildman–Crippen MR) is 132 cm³/mol. The summed E-state index contributed by atoms with van der Waals surface area (Å²) < 4.78 is 22.3. The maximum atomic E-state index is 11.2. The Labute approximate surface area is 197 Å². The van der Waals surface area contributed by atoms with Gasteiger partial charge >= 0.3 is 0 Å². The van der Waals surface area contributed by atoms with Gasteiger partial charge in [-0.05, 0) is 63.0 Å². The highest BCUT2D eigenvalue weighted by Crippen LogP contribution is 2.23. The average Bonchev–Trinajstić information content (AvgIpc) is 3.12. The van der Waals surface area contributed by atoms with E-state index in [9.17, 15) is 8.42 Å². The van der Waals surface area contributed by atoms with Crippen molar-refractivity contribution in [3.63, 3.8) is 0 Å². The minimum Gasteiger partial charge on any atom is -0.352 e. The van der Waals surface area contributed by atoms with Crippen LogP contribution < -0.4 is 16.0 Å². The lowest BCUT2D eigenvalue weighted by Crippen LogP contribution is -2.35. The molecule has 0 radical (unpaired) electrons. The van der Waals surface area contributed by atoms with Gasteiger partial charge in [0, 0.05) is 24.3 Å². The number of likely N-dealkylation sites (tertiary alicyclic amines) is 1. The van der Waals surface area contributed by atoms with Crippen LogP contribution in [0, 0.1) is 0 Å². The van der Waals surface area contributed by atoms with Crippen LogP contribution in [0.3, 0.4) is 0 Å². The number of anilines is 4. The monoisotopic (exact) mass is 473 g/mol. The highest BCUT2D eigenvalue weighted by molar-refractivity contribution is 7.72. The number of rotatable bonds is 9. The highest BCUT2D eigenvalue weighted by atomic mass is 32.2. The van der Waals surface area contributed by atoms with Crippen LogP contribution in [0.1, 0.15) is 58.3 Å². The molecule has 0 bridgehead atoms. The first-order valence-electron chi connectivity index (χ1n) is 12.1. The molecule has 2 heterocycles. The summed E-state index contributed by atoms with van der Waals surface area (Å²) in [5.41, 5.74) is 0.723. The first kappa shape index (κ1) is 23.7. The molecule has 4 rings (SSSR count). The molecule has 1 unspecified atom stereocenters. The lowest BCUT2D eigenvalue weighted by molar-refractivity contribution is 0.277. The molecule has 1 atom stereocenters. The summed E-state index contributed by atoms with van der Waals surface area (Å²) in [6, 6.07) is 7.43. The van der Waals surface area contributed by atoms with Crippen molar-refractivity contribution in [2.45, 2.75) is 75.3 Å². The average molecular weight is 474 g/mol. The van der Waals surface area contributed by atoms with Crippen molar-refractivity contribution in [1.29, 1.82) is 0 Å². The number of benzene rings is 1. The van der Waals surface area contributed by atoms with Gasteiger partial charge in [-0.2, -0.15) is 15.0 Å². The van der Waals surface area contributed by atoms with Gasteiger partial charge in [-0.25, -0.2) is 8.42 Å². The van der Waals surface area contributed by atoms with Gasteiger partial charge < -0.3 is 16.0 Å². The molecule has 2 aliphatic rings. The van der Waals surface area contributed by atoms with Crippen molar-refractivity contribution in [1.82, 2.24) is 19.9 Å². The predicted octanol–water partition coefficient (Wildman–Crippen LogP) is 3.62. The van der Waals surface area contributed by atoms with E-state index in [1.807, 2.05) is 0 Å². The van der Waals surface area contributed by atoms with Crippen LogP contribution in [0.4, 0.5) is 23.5 Å². The molecule has 2 aromatic rings. The Hall–Kier alpha value is -2.46. The minimum atomic E-state index is -2.60. The van der Waals surface area contributed by atoms with E-state index in [1.54, 1.807) is 24.3 Å². The summed E-state index contributed by atoms with van der Waals surface area (Å²) in [5, 5.41) is 10.2. The first-order chi connectivity index (χ1) is 16.1. The van der Waals surface area contributed by atoms with Gasteiger partial charge in [0.2, 0.25) is 17.8 Å². The second kappa shape index (κ2) is 11.6. The standard InChI is InChI=1S/C23H35N7O2S/c1-2-30-15-7-10-19(30)16-24-21-27-22(25-17-8-5-3-4-6-9-17)29-23(28-21)26-18-11-13-20(14-12-18)33(31)32/h11-14,17,19,33H,2-10,15-16H2,1H3,(H3,24,25,26,27,28,29). The molecule has 1 aliphatic heterocycles. The van der Waals surface area contributed by atoms with Crippen LogP contribution in [0.5, 0.6) is 0 Å². The second-order valence-electron chi connectivity index (χ2n) is 8.87. The smallest absolute Gasteiger partial charge is 0.233 e. The molecule has 180 valence electrons. The van der Waals surface area contributed by atoms with Crippen molar-refractivity contribution in [3.8, 4) is 0 Å². The lowest BCUT2D eigenvalue weighted by atomic mass is 10.1. The van der Waals surface area contributed by atoms with Crippen molar-refractivity contribution in [3.05, 3.63) is 24.3 Å². The SMILES string of the molecule is CCN1CCCC1CNc1nc(Nc2ccc([SH](=O)=O)cc2)nc(NC2CCCCCC2)n1. The van der Waals surface area contributed by atoms with E-state index in [0.29, 0.717) is 29.9 Å². The topological polar surface area (TPSA) is 112 Å². The molecular formula is C23H35N7O2S. The summed E-state index contributed by atoms with van der Waals surface area (Å²) in [5.74, 6) is 1.55. The third kappa shape index (κ3) is 6.77. The molecule has 9 nitrogen and oxygen atoms in total. The van der Waals surface area contributed by atoms with E-state index in [4.69, 9.17) is 0 Å². The largest absolute Gasteiger partial charge is 0.352 e. The van der Waals surface area contributed by atoms with E-state index in [2.05, 4.69) is 42.7 Å². The summed E-state index contributed by atoms with van der Waals surface area (Å²) in [6.45, 7) is 5.19. The molecule has 1 saturated carbocycles. The first-order valence-corrected chi connectivity index (χ1v) is 13.3. The summed E-state index contributed by atoms with van der Waals surface area (Å²) in [6.07, 6.45) is 9.68. The fourth-order valence-electron chi connectivity index (χ4n) is 4.73. The Morgan fingerprint density at radius 3 is 2.30 bits per heavy atom. The molecule has 33 heavy (non-hydrogen) atoms. The minimum absolute atomic E-state index is 0.279. The van der Waals surface area contributed by atoms with Gasteiger partial charge in [0.1, 0.15) is 0 Å². The molecule has 1 aromatic carbocycles. The Morgan fingerprint density at radius 2 is 1.61 bits per heavy atom. The van der Waals surface area contributed by atoms with E-state index in [-0.39, 0.29) is 4.90 Å². The van der Waals surface area contributed by atoms with Gasteiger partial charge in [0.15, 0.2) is 10.7 Å². The summed E-state index contributed by atoms with van der Waals surface area (Å²) in [4.78, 5) is 16.6. The lowest BCUT2D eigenvalue weighted by Gasteiger charge is -2.23. The third-order valence-electron chi connectivity index (χ3n) is 6.56. The number of aromatic nitrogens is 3. The third-order valence-corrected chi connectivity index (χ3v) is 7.28. The number of hydrogen-bond acceptors (Lipinski definition) is 9. The van der Waals surface area contributed by atoms with Gasteiger partial charge in [-0.3, -0.25) is 4.90 Å². The number of nitrogens with zero attached hydrogens (tertiary/aromatic N) is 4. The fourth-order valence-corrected chi connectivity index (χ4v) is 5.12. The zero-order valence-electron chi connectivity index (χ0n) is 19.3. The van der Waals surface area contributed by atoms with Crippen molar-refractivity contribution in [2.75, 3.05) is 35.6 Å². The molecule has 1 aromatic heterocycles. The van der Waals surface area contributed by atoms with E-state index < -0.39 is 10.7 Å². The molecule has 2 fully saturated rings. The molecule has 0 spiro atoms. The van der Waals surface area contributed by atoms with Gasteiger partial charge in [0.25, 0.3) is 0 Å². The zero-order valence-corrected chi connectivity index (χ0v) is 20.2. The zero-order chi connectivity index (χ0) is 23.0. The molecule has 10 heteroatoms. The van der Waals surface area contributed by atoms with Crippen LogP contribution in [0.15, 0.2) is 29.2 Å². The van der Waals surface area contributed by atoms with Gasteiger partial charge in [-0.1, -0.05) is 32.6 Å². The van der Waals surface area contributed by atoms with Crippen molar-refractivity contribution < 1.29 is 8.42 Å². The molecule has 0 amide bonds. The maximum absolute atomic E-state index is 11.2. The van der Waals surface area contributed by atoms with Crippen molar-refractivity contribution >= 4 is 34.2 Å². The number of thiol groups is 1. The van der Waals surface area contributed by atoms with Gasteiger partial charge in [-0.15, -0.1) is 0 Å². The second-order valence-corrected chi connectivity index (χ2v) is 9.90. The Bertz CT molecular complexity index is 967. The summed E-state index contributed by atoms with van der Waals surface area (Å²) in [7, 11) is -2.60. The molecule has 1 saturated heterocycles. The summed E-state index contributed by atoms with van der Waals surface area (Å²) >= 11 is 0. The Morgan fingerprint density at radius 1 is 0.909 bits per heavy atom. The fraction of sp³-hybridized carbons (Fsp3) is 0.609. The van der Waals surface area contributed by atoms with Crippen LogP contribution in [-0.2, 0) is 10.7 Å².